The number of ether oxygens (including phenoxy) is 2. The second-order valence-corrected chi connectivity index (χ2v) is 7.54. The Kier molecular flexibility index (Phi) is 6.64. The maximum Gasteiger partial charge on any atom is 0.322 e. The van der Waals surface area contributed by atoms with E-state index in [-0.39, 0.29) is 24.1 Å². The number of carbonyl (C=O) groups is 3. The van der Waals surface area contributed by atoms with E-state index in [1.807, 2.05) is 12.1 Å². The van der Waals surface area contributed by atoms with Crippen molar-refractivity contribution in [3.8, 4) is 11.5 Å². The molecule has 3 amide bonds. The van der Waals surface area contributed by atoms with E-state index in [2.05, 4.69) is 15.5 Å². The number of amides is 3. The number of rotatable bonds is 6. The number of imide groups is 1. The van der Waals surface area contributed by atoms with Crippen molar-refractivity contribution in [2.45, 2.75) is 37.6 Å². The minimum atomic E-state index is -0.724. The van der Waals surface area contributed by atoms with E-state index in [0.717, 1.165) is 32.5 Å². The summed E-state index contributed by atoms with van der Waals surface area (Å²) in [7, 11) is 0. The van der Waals surface area contributed by atoms with Crippen LogP contribution < -0.4 is 20.1 Å². The molecule has 158 valence electrons. The number of nitrogens with one attached hydrogen (secondary N) is 2. The smallest absolute Gasteiger partial charge is 0.322 e. The number of fused-ring (bicyclic) bond motifs is 1. The molecule has 29 heavy (non-hydrogen) atoms. The van der Waals surface area contributed by atoms with E-state index < -0.39 is 11.6 Å². The molecule has 3 aliphatic rings. The van der Waals surface area contributed by atoms with Crippen LogP contribution in [0.5, 0.6) is 11.5 Å². The fourth-order valence-corrected chi connectivity index (χ4v) is 4.09. The first-order chi connectivity index (χ1) is 13.6. The van der Waals surface area contributed by atoms with Crippen molar-refractivity contribution in [1.82, 2.24) is 15.5 Å². The minimum Gasteiger partial charge on any atom is -0.486 e. The maximum atomic E-state index is 12.6. The Morgan fingerprint density at radius 2 is 1.86 bits per heavy atom. The molecule has 9 heteroatoms. The SMILES string of the molecule is Cl.O=C1NC(=O)C2(CCN(CCCCC(=O)c3cccc4c3OCCO4)CC2)N1. The Morgan fingerprint density at radius 3 is 2.59 bits per heavy atom. The van der Waals surface area contributed by atoms with Crippen molar-refractivity contribution in [3.05, 3.63) is 23.8 Å². The number of piperidine rings is 1. The van der Waals surface area contributed by atoms with Crippen LogP contribution in [0.25, 0.3) is 0 Å². The molecule has 0 aromatic heterocycles. The third-order valence-electron chi connectivity index (χ3n) is 5.72. The molecule has 0 radical (unpaired) electrons. The number of unbranched alkanes of at least 4 members (excludes halogenated alkanes) is 1. The van der Waals surface area contributed by atoms with Gasteiger partial charge >= 0.3 is 6.03 Å². The number of halogens is 1. The highest BCUT2D eigenvalue weighted by Crippen LogP contribution is 2.34. The zero-order valence-corrected chi connectivity index (χ0v) is 17.0. The van der Waals surface area contributed by atoms with Crippen LogP contribution in [-0.2, 0) is 4.79 Å². The lowest BCUT2D eigenvalue weighted by Gasteiger charge is -2.36. The van der Waals surface area contributed by atoms with Crippen molar-refractivity contribution in [2.24, 2.45) is 0 Å². The lowest BCUT2D eigenvalue weighted by atomic mass is 9.87. The highest BCUT2D eigenvalue weighted by atomic mass is 35.5. The summed E-state index contributed by atoms with van der Waals surface area (Å²) in [4.78, 5) is 38.2. The molecule has 1 aromatic carbocycles. The highest BCUT2D eigenvalue weighted by Gasteiger charge is 2.47. The van der Waals surface area contributed by atoms with Crippen molar-refractivity contribution in [3.63, 3.8) is 0 Å². The number of nitrogens with zero attached hydrogens (tertiary/aromatic N) is 1. The topological polar surface area (TPSA) is 97.0 Å². The van der Waals surface area contributed by atoms with Crippen LogP contribution in [0.1, 0.15) is 42.5 Å². The number of para-hydroxylation sites is 1. The number of hydrogen-bond acceptors (Lipinski definition) is 6. The number of urea groups is 1. The summed E-state index contributed by atoms with van der Waals surface area (Å²) >= 11 is 0. The van der Waals surface area contributed by atoms with Crippen molar-refractivity contribution in [1.29, 1.82) is 0 Å². The van der Waals surface area contributed by atoms with Gasteiger partial charge in [-0.25, -0.2) is 4.79 Å². The standard InChI is InChI=1S/C20H25N3O5.ClH/c24-15(14-4-3-6-16-17(14)28-13-12-27-16)5-1-2-9-23-10-7-20(8-11-23)18(25)21-19(26)22-20;/h3-4,6H,1-2,5,7-13H2,(H2,21,22,25,26);1H. The third kappa shape index (κ3) is 4.48. The second kappa shape index (κ2) is 9.00. The predicted molar refractivity (Wildman–Crippen MR) is 108 cm³/mol. The quantitative estimate of drug-likeness (QED) is 0.412. The lowest BCUT2D eigenvalue weighted by molar-refractivity contribution is -0.125. The van der Waals surface area contributed by atoms with E-state index in [0.29, 0.717) is 49.5 Å². The largest absolute Gasteiger partial charge is 0.486 e. The molecule has 3 aliphatic heterocycles. The molecule has 2 N–H and O–H groups in total. The Hall–Kier alpha value is -2.32. The number of hydrogen-bond donors (Lipinski definition) is 2. The first-order valence-corrected chi connectivity index (χ1v) is 9.85. The first-order valence-electron chi connectivity index (χ1n) is 9.85. The molecule has 2 fully saturated rings. The van der Waals surface area contributed by atoms with Gasteiger partial charge in [0.25, 0.3) is 5.91 Å². The van der Waals surface area contributed by atoms with Gasteiger partial charge in [0.05, 0.1) is 5.56 Å². The zero-order chi connectivity index (χ0) is 19.6. The number of ketones is 1. The predicted octanol–water partition coefficient (Wildman–Crippen LogP) is 1.91. The van der Waals surface area contributed by atoms with Crippen molar-refractivity contribution in [2.75, 3.05) is 32.8 Å². The van der Waals surface area contributed by atoms with E-state index in [1.165, 1.54) is 0 Å². The molecular weight excluding hydrogens is 398 g/mol. The zero-order valence-electron chi connectivity index (χ0n) is 16.2. The molecular formula is C20H26ClN3O5. The first kappa shape index (κ1) is 21.4. The van der Waals surface area contributed by atoms with Gasteiger partial charge in [0.15, 0.2) is 17.3 Å². The molecule has 2 saturated heterocycles. The van der Waals surface area contributed by atoms with Gasteiger partial charge in [-0.1, -0.05) is 6.07 Å². The Bertz CT molecular complexity index is 792. The second-order valence-electron chi connectivity index (χ2n) is 7.54. The maximum absolute atomic E-state index is 12.6. The molecule has 0 unspecified atom stereocenters. The van der Waals surface area contributed by atoms with Gasteiger partial charge in [-0.3, -0.25) is 14.9 Å². The van der Waals surface area contributed by atoms with E-state index in [1.54, 1.807) is 6.07 Å². The van der Waals surface area contributed by atoms with Gasteiger partial charge in [0.1, 0.15) is 18.8 Å². The number of likely N-dealkylation sites (tertiary alicyclic amines) is 1. The van der Waals surface area contributed by atoms with Gasteiger partial charge in [-0.15, -0.1) is 12.4 Å². The molecule has 4 rings (SSSR count). The molecule has 3 heterocycles. The van der Waals surface area contributed by atoms with Crippen LogP contribution in [-0.4, -0.2) is 61.0 Å². The monoisotopic (exact) mass is 423 g/mol. The van der Waals surface area contributed by atoms with E-state index in [9.17, 15) is 14.4 Å². The fraction of sp³-hybridized carbons (Fsp3) is 0.550. The molecule has 0 saturated carbocycles. The fourth-order valence-electron chi connectivity index (χ4n) is 4.09. The normalized spacial score (nSPS) is 20.0. The average Bonchev–Trinajstić information content (AvgIpc) is 2.98. The van der Waals surface area contributed by atoms with E-state index in [4.69, 9.17) is 9.47 Å². The molecule has 0 bridgehead atoms. The molecule has 1 aromatic rings. The van der Waals surface area contributed by atoms with Crippen LogP contribution in [0, 0.1) is 0 Å². The summed E-state index contributed by atoms with van der Waals surface area (Å²) in [6.45, 7) is 3.38. The number of benzene rings is 1. The van der Waals surface area contributed by atoms with Crippen LogP contribution in [0.3, 0.4) is 0 Å². The van der Waals surface area contributed by atoms with Crippen LogP contribution in [0.4, 0.5) is 4.79 Å². The Morgan fingerprint density at radius 1 is 1.10 bits per heavy atom. The summed E-state index contributed by atoms with van der Waals surface area (Å²) in [6.07, 6.45) is 3.41. The average molecular weight is 424 g/mol. The minimum absolute atomic E-state index is 0. The van der Waals surface area contributed by atoms with Crippen molar-refractivity contribution < 1.29 is 23.9 Å². The van der Waals surface area contributed by atoms with Gasteiger partial charge in [-0.05, 0) is 44.4 Å². The van der Waals surface area contributed by atoms with Gasteiger partial charge in [-0.2, -0.15) is 0 Å². The third-order valence-corrected chi connectivity index (χ3v) is 5.72. The van der Waals surface area contributed by atoms with Crippen molar-refractivity contribution >= 4 is 30.1 Å². The summed E-state index contributed by atoms with van der Waals surface area (Å²) in [6, 6.07) is 5.04. The Labute approximate surface area is 175 Å². The summed E-state index contributed by atoms with van der Waals surface area (Å²) in [5.41, 5.74) is -0.127. The molecule has 1 spiro atoms. The number of Topliss-reactive ketones (excluding diaryl/α,β-unsaturated/α-hetero) is 1. The summed E-state index contributed by atoms with van der Waals surface area (Å²) in [5.74, 6) is 1.07. The number of carbonyl (C=O) groups excluding carboxylic acids is 3. The van der Waals surface area contributed by atoms with Crippen LogP contribution in [0.2, 0.25) is 0 Å². The lowest BCUT2D eigenvalue weighted by Crippen LogP contribution is -2.54. The molecule has 0 aliphatic carbocycles. The Balaban J connectivity index is 0.00000240. The van der Waals surface area contributed by atoms with Gasteiger partial charge < -0.3 is 19.7 Å². The molecule has 0 atom stereocenters. The van der Waals surface area contributed by atoms with Crippen LogP contribution >= 0.6 is 12.4 Å². The van der Waals surface area contributed by atoms with Crippen LogP contribution in [0.15, 0.2) is 18.2 Å². The van der Waals surface area contributed by atoms with Gasteiger partial charge in [0, 0.05) is 19.5 Å². The molecule has 8 nitrogen and oxygen atoms in total. The highest BCUT2D eigenvalue weighted by molar-refractivity contribution is 6.07. The summed E-state index contributed by atoms with van der Waals surface area (Å²) < 4.78 is 11.2. The van der Waals surface area contributed by atoms with E-state index >= 15 is 0 Å². The van der Waals surface area contributed by atoms with Gasteiger partial charge in [0.2, 0.25) is 0 Å². The summed E-state index contributed by atoms with van der Waals surface area (Å²) in [5, 5.41) is 5.10.